The molecule has 33 heavy (non-hydrogen) atoms. The molecular weight excluding hydrogens is 396 g/mol. The highest BCUT2D eigenvalue weighted by Gasteiger charge is 2.32. The molecule has 0 amide bonds. The van der Waals surface area contributed by atoms with Crippen molar-refractivity contribution in [3.05, 3.63) is 119 Å². The van der Waals surface area contributed by atoms with Crippen LogP contribution in [0.1, 0.15) is 60.3 Å². The first-order valence-electron chi connectivity index (χ1n) is 12.5. The lowest BCUT2D eigenvalue weighted by Gasteiger charge is -2.39. The Balaban J connectivity index is 1.35. The average molecular weight is 437 g/mol. The molecule has 2 unspecified atom stereocenters. The highest BCUT2D eigenvalue weighted by Crippen LogP contribution is 2.43. The quantitative estimate of drug-likeness (QED) is 0.373. The normalized spacial score (nSPS) is 23.9. The van der Waals surface area contributed by atoms with Crippen molar-refractivity contribution in [1.82, 2.24) is 0 Å². The van der Waals surface area contributed by atoms with Gasteiger partial charge in [0, 0.05) is 11.8 Å². The third kappa shape index (κ3) is 5.16. The van der Waals surface area contributed by atoms with E-state index in [-0.39, 0.29) is 0 Å². The van der Waals surface area contributed by atoms with Gasteiger partial charge in [-0.15, -0.1) is 0 Å². The molecule has 2 atom stereocenters. The molecule has 0 spiro atoms. The summed E-state index contributed by atoms with van der Waals surface area (Å²) >= 11 is 0. The summed E-state index contributed by atoms with van der Waals surface area (Å²) in [6, 6.07) is 0. The van der Waals surface area contributed by atoms with Gasteiger partial charge in [-0.05, 0) is 64.4 Å². The van der Waals surface area contributed by atoms with Crippen LogP contribution in [0.25, 0.3) is 0 Å². The van der Waals surface area contributed by atoms with Gasteiger partial charge in [-0.1, -0.05) is 126 Å². The minimum Gasteiger partial charge on any atom is -0.0952 e. The highest BCUT2D eigenvalue weighted by molar-refractivity contribution is 5.56. The maximum Gasteiger partial charge on any atom is 0.0267 e. The van der Waals surface area contributed by atoms with E-state index in [1.54, 1.807) is 0 Å². The van der Waals surface area contributed by atoms with Crippen molar-refractivity contribution in [3.63, 3.8) is 0 Å². The zero-order valence-corrected chi connectivity index (χ0v) is 21.2. The largest absolute Gasteiger partial charge is 0.0952 e. The van der Waals surface area contributed by atoms with Crippen LogP contribution in [0, 0.1) is 22.7 Å². The van der Waals surface area contributed by atoms with Crippen molar-refractivity contribution in [2.75, 3.05) is 0 Å². The molecular formula is C33H40. The van der Waals surface area contributed by atoms with Gasteiger partial charge in [0.1, 0.15) is 0 Å². The lowest BCUT2D eigenvalue weighted by Crippen LogP contribution is -2.29. The maximum absolute atomic E-state index is 4.41. The zero-order valence-electron chi connectivity index (χ0n) is 21.2. The van der Waals surface area contributed by atoms with E-state index in [2.05, 4.69) is 115 Å². The molecule has 0 saturated heterocycles. The first kappa shape index (κ1) is 23.6. The molecule has 4 aliphatic carbocycles. The van der Waals surface area contributed by atoms with Crippen molar-refractivity contribution >= 4 is 0 Å². The molecule has 0 aromatic carbocycles. The number of rotatable bonds is 7. The fraction of sp³-hybridized carbons (Fsp3) is 0.394. The van der Waals surface area contributed by atoms with Crippen LogP contribution in [-0.4, -0.2) is 0 Å². The van der Waals surface area contributed by atoms with Crippen LogP contribution in [-0.2, 0) is 0 Å². The molecule has 4 rings (SSSR count). The summed E-state index contributed by atoms with van der Waals surface area (Å²) in [6.45, 7) is 20.6. The number of allylic oxidation sites excluding steroid dienone is 18. The van der Waals surface area contributed by atoms with E-state index in [0.717, 1.165) is 24.8 Å². The lowest BCUT2D eigenvalue weighted by atomic mass is 9.66. The second-order valence-corrected chi connectivity index (χ2v) is 11.8. The Labute approximate surface area is 201 Å². The summed E-state index contributed by atoms with van der Waals surface area (Å²) in [6.07, 6.45) is 29.5. The van der Waals surface area contributed by atoms with E-state index in [4.69, 9.17) is 0 Å². The van der Waals surface area contributed by atoms with E-state index >= 15 is 0 Å². The Bertz CT molecular complexity index is 1090. The molecule has 4 aliphatic rings. The number of hydrogen-bond acceptors (Lipinski definition) is 0. The van der Waals surface area contributed by atoms with Gasteiger partial charge in [0.15, 0.2) is 0 Å². The molecule has 0 heteroatoms. The summed E-state index contributed by atoms with van der Waals surface area (Å²) in [5.41, 5.74) is 9.93. The molecule has 0 radical (unpaired) electrons. The Morgan fingerprint density at radius 1 is 0.848 bits per heavy atom. The van der Waals surface area contributed by atoms with Crippen LogP contribution in [0.5, 0.6) is 0 Å². The van der Waals surface area contributed by atoms with Crippen molar-refractivity contribution in [2.45, 2.75) is 60.3 Å². The topological polar surface area (TPSA) is 0 Å². The Morgan fingerprint density at radius 2 is 1.61 bits per heavy atom. The second-order valence-electron chi connectivity index (χ2n) is 11.8. The molecule has 0 heterocycles. The first-order valence-corrected chi connectivity index (χ1v) is 12.5. The minimum absolute atomic E-state index is 0.320. The van der Waals surface area contributed by atoms with Crippen LogP contribution in [0.4, 0.5) is 0 Å². The summed E-state index contributed by atoms with van der Waals surface area (Å²) in [4.78, 5) is 0. The van der Waals surface area contributed by atoms with Gasteiger partial charge >= 0.3 is 0 Å². The van der Waals surface area contributed by atoms with Gasteiger partial charge < -0.3 is 0 Å². The third-order valence-electron chi connectivity index (χ3n) is 8.33. The predicted molar refractivity (Wildman–Crippen MR) is 145 cm³/mol. The fourth-order valence-corrected chi connectivity index (χ4v) is 4.82. The van der Waals surface area contributed by atoms with Crippen LogP contribution < -0.4 is 0 Å². The maximum atomic E-state index is 4.41. The Kier molecular flexibility index (Phi) is 6.41. The van der Waals surface area contributed by atoms with Crippen molar-refractivity contribution in [3.8, 4) is 0 Å². The summed E-state index contributed by atoms with van der Waals surface area (Å²) < 4.78 is 0. The predicted octanol–water partition coefficient (Wildman–Crippen LogP) is 9.32. The molecule has 0 nitrogen and oxygen atoms in total. The summed E-state index contributed by atoms with van der Waals surface area (Å²) in [7, 11) is 0. The van der Waals surface area contributed by atoms with Gasteiger partial charge in [0.25, 0.3) is 0 Å². The van der Waals surface area contributed by atoms with E-state index < -0.39 is 0 Å². The average Bonchev–Trinajstić information content (AvgIpc) is 3.17. The molecule has 172 valence electrons. The van der Waals surface area contributed by atoms with E-state index in [0.29, 0.717) is 22.7 Å². The molecule has 0 aliphatic heterocycles. The van der Waals surface area contributed by atoms with Crippen LogP contribution >= 0.6 is 0 Å². The Morgan fingerprint density at radius 3 is 2.36 bits per heavy atom. The van der Waals surface area contributed by atoms with Crippen LogP contribution in [0.15, 0.2) is 119 Å². The Hall–Kier alpha value is -2.60. The molecule has 0 N–H and O–H groups in total. The lowest BCUT2D eigenvalue weighted by molar-refractivity contribution is 0.120. The zero-order chi connectivity index (χ0) is 23.8. The minimum atomic E-state index is 0.320. The molecule has 0 fully saturated rings. The molecule has 0 aromatic rings. The van der Waals surface area contributed by atoms with Gasteiger partial charge in [-0.3, -0.25) is 0 Å². The van der Waals surface area contributed by atoms with E-state index in [1.807, 2.05) is 0 Å². The summed E-state index contributed by atoms with van der Waals surface area (Å²) in [5, 5.41) is 0. The first-order chi connectivity index (χ1) is 15.5. The molecule has 0 aromatic heterocycles. The monoisotopic (exact) mass is 436 g/mol. The van der Waals surface area contributed by atoms with Crippen molar-refractivity contribution in [2.24, 2.45) is 22.7 Å². The summed E-state index contributed by atoms with van der Waals surface area (Å²) in [5.74, 6) is 0.778. The van der Waals surface area contributed by atoms with Gasteiger partial charge in [0.2, 0.25) is 0 Å². The fourth-order valence-electron chi connectivity index (χ4n) is 4.82. The smallest absolute Gasteiger partial charge is 0.0267 e. The van der Waals surface area contributed by atoms with Gasteiger partial charge in [0.05, 0.1) is 0 Å². The standard InChI is InChI=1S/C33H40/c1-23(29-18-24(2)31-11-9-8-10-28(31)22-29)12-13-26-20-27-15-14-25(19-30(27)21-26)16-17-33(6,7)32(3,4)5/h8-11,14-15,18-22,30-31H,1-2,12-13,16-17H2,3-7H3. The third-order valence-corrected chi connectivity index (χ3v) is 8.33. The highest BCUT2D eigenvalue weighted by atomic mass is 14.4. The van der Waals surface area contributed by atoms with E-state index in [9.17, 15) is 0 Å². The van der Waals surface area contributed by atoms with Gasteiger partial charge in [-0.2, -0.15) is 0 Å². The molecule has 0 saturated carbocycles. The number of hydrogen-bond donors (Lipinski definition) is 0. The number of fused-ring (bicyclic) bond motifs is 2. The van der Waals surface area contributed by atoms with Gasteiger partial charge in [-0.25, -0.2) is 0 Å². The van der Waals surface area contributed by atoms with E-state index in [1.165, 1.54) is 39.9 Å². The van der Waals surface area contributed by atoms with Crippen LogP contribution in [0.2, 0.25) is 0 Å². The second kappa shape index (κ2) is 8.98. The van der Waals surface area contributed by atoms with Crippen LogP contribution in [0.3, 0.4) is 0 Å². The van der Waals surface area contributed by atoms with Crippen molar-refractivity contribution < 1.29 is 0 Å². The molecule has 0 bridgehead atoms. The van der Waals surface area contributed by atoms with Crippen molar-refractivity contribution in [1.29, 1.82) is 0 Å². The SMILES string of the molecule is C=C(CCC1=CC2C=C(CCC(C)(C)C(C)(C)C)C=CC2=C1)C1=CC(=C)C2C=CC=CC2=C1.